The monoisotopic (exact) mass is 184 g/mol. The van der Waals surface area contributed by atoms with Gasteiger partial charge in [-0.3, -0.25) is 4.90 Å². The van der Waals surface area contributed by atoms with Crippen LogP contribution in [0.25, 0.3) is 0 Å². The van der Waals surface area contributed by atoms with Crippen molar-refractivity contribution in [1.29, 1.82) is 0 Å². The van der Waals surface area contributed by atoms with E-state index in [1.807, 2.05) is 0 Å². The Bertz CT molecular complexity index is 155. The molecule has 0 bridgehead atoms. The Morgan fingerprint density at radius 1 is 1.15 bits per heavy atom. The smallest absolute Gasteiger partial charge is 0.0480 e. The lowest BCUT2D eigenvalue weighted by Gasteiger charge is -2.25. The molecule has 0 aliphatic carbocycles. The highest BCUT2D eigenvalue weighted by molar-refractivity contribution is 4.83. The Morgan fingerprint density at radius 3 is 2.85 bits per heavy atom. The van der Waals surface area contributed by atoms with Crippen molar-refractivity contribution in [2.75, 3.05) is 26.3 Å². The quantitative estimate of drug-likeness (QED) is 0.648. The second-order valence-electron chi connectivity index (χ2n) is 4.24. The van der Waals surface area contributed by atoms with Gasteiger partial charge in [0.1, 0.15) is 0 Å². The van der Waals surface area contributed by atoms with Crippen LogP contribution in [0.1, 0.15) is 25.7 Å². The molecular weight excluding hydrogens is 164 g/mol. The van der Waals surface area contributed by atoms with Crippen molar-refractivity contribution in [1.82, 2.24) is 4.90 Å². The minimum absolute atomic E-state index is 0.421. The molecule has 2 N–H and O–H groups in total. The standard InChI is InChI=1S/C10H20N2O/c11-9-3-5-12(8-9)10-2-1-6-13-7-4-10/h9-10H,1-8,11H2/t9-,10?/m1/s1. The molecule has 2 saturated heterocycles. The molecule has 0 spiro atoms. The molecule has 0 amide bonds. The number of nitrogens with zero attached hydrogens (tertiary/aromatic N) is 1. The molecular formula is C10H20N2O. The van der Waals surface area contributed by atoms with E-state index in [1.165, 1.54) is 32.2 Å². The number of nitrogens with two attached hydrogens (primary N) is 1. The summed E-state index contributed by atoms with van der Waals surface area (Å²) in [4.78, 5) is 2.55. The molecule has 76 valence electrons. The van der Waals surface area contributed by atoms with Crippen LogP contribution in [0.2, 0.25) is 0 Å². The predicted octanol–water partition coefficient (Wildman–Crippen LogP) is 0.588. The van der Waals surface area contributed by atoms with Crippen molar-refractivity contribution >= 4 is 0 Å². The Labute approximate surface area is 80.2 Å². The molecule has 0 aromatic carbocycles. The molecule has 1 unspecified atom stereocenters. The molecule has 0 radical (unpaired) electrons. The van der Waals surface area contributed by atoms with Gasteiger partial charge < -0.3 is 10.5 Å². The summed E-state index contributed by atoms with van der Waals surface area (Å²) in [5.74, 6) is 0. The van der Waals surface area contributed by atoms with Crippen LogP contribution in [0.5, 0.6) is 0 Å². The first-order chi connectivity index (χ1) is 6.36. The highest BCUT2D eigenvalue weighted by Crippen LogP contribution is 2.19. The summed E-state index contributed by atoms with van der Waals surface area (Å²) < 4.78 is 5.45. The van der Waals surface area contributed by atoms with E-state index in [0.717, 1.165) is 25.8 Å². The van der Waals surface area contributed by atoms with Crippen LogP contribution in [-0.2, 0) is 4.74 Å². The molecule has 0 aromatic heterocycles. The van der Waals surface area contributed by atoms with E-state index in [1.54, 1.807) is 0 Å². The van der Waals surface area contributed by atoms with Gasteiger partial charge >= 0.3 is 0 Å². The first-order valence-corrected chi connectivity index (χ1v) is 5.43. The van der Waals surface area contributed by atoms with Crippen LogP contribution < -0.4 is 5.73 Å². The number of ether oxygens (including phenoxy) is 1. The molecule has 2 aliphatic rings. The zero-order valence-corrected chi connectivity index (χ0v) is 8.24. The maximum atomic E-state index is 5.90. The maximum absolute atomic E-state index is 5.90. The van der Waals surface area contributed by atoms with Crippen LogP contribution in [0.4, 0.5) is 0 Å². The van der Waals surface area contributed by atoms with Crippen molar-refractivity contribution in [2.24, 2.45) is 5.73 Å². The van der Waals surface area contributed by atoms with Gasteiger partial charge in [0.25, 0.3) is 0 Å². The molecule has 3 heteroatoms. The minimum atomic E-state index is 0.421. The third kappa shape index (κ3) is 2.42. The summed E-state index contributed by atoms with van der Waals surface area (Å²) in [5.41, 5.74) is 5.90. The van der Waals surface area contributed by atoms with Crippen molar-refractivity contribution in [3.63, 3.8) is 0 Å². The van der Waals surface area contributed by atoms with Gasteiger partial charge in [0.15, 0.2) is 0 Å². The van der Waals surface area contributed by atoms with Crippen LogP contribution in [0.3, 0.4) is 0 Å². The molecule has 2 atom stereocenters. The van der Waals surface area contributed by atoms with Crippen molar-refractivity contribution in [2.45, 2.75) is 37.8 Å². The van der Waals surface area contributed by atoms with Crippen molar-refractivity contribution in [3.05, 3.63) is 0 Å². The molecule has 2 fully saturated rings. The first-order valence-electron chi connectivity index (χ1n) is 5.43. The lowest BCUT2D eigenvalue weighted by molar-refractivity contribution is 0.134. The van der Waals surface area contributed by atoms with E-state index in [-0.39, 0.29) is 0 Å². The lowest BCUT2D eigenvalue weighted by atomic mass is 10.1. The number of hydrogen-bond acceptors (Lipinski definition) is 3. The summed E-state index contributed by atoms with van der Waals surface area (Å²) in [7, 11) is 0. The number of rotatable bonds is 1. The van der Waals surface area contributed by atoms with Crippen LogP contribution in [0.15, 0.2) is 0 Å². The Hall–Kier alpha value is -0.120. The van der Waals surface area contributed by atoms with Gasteiger partial charge in [-0.05, 0) is 25.7 Å². The van der Waals surface area contributed by atoms with Gasteiger partial charge in [0.05, 0.1) is 0 Å². The second-order valence-corrected chi connectivity index (χ2v) is 4.24. The van der Waals surface area contributed by atoms with E-state index >= 15 is 0 Å². The average molecular weight is 184 g/mol. The third-order valence-corrected chi connectivity index (χ3v) is 3.19. The van der Waals surface area contributed by atoms with Crippen LogP contribution in [0, 0.1) is 0 Å². The van der Waals surface area contributed by atoms with E-state index in [4.69, 9.17) is 10.5 Å². The minimum Gasteiger partial charge on any atom is -0.381 e. The van der Waals surface area contributed by atoms with Crippen LogP contribution in [-0.4, -0.2) is 43.3 Å². The molecule has 13 heavy (non-hydrogen) atoms. The van der Waals surface area contributed by atoms with Gasteiger partial charge in [-0.15, -0.1) is 0 Å². The van der Waals surface area contributed by atoms with Gasteiger partial charge in [-0.2, -0.15) is 0 Å². The summed E-state index contributed by atoms with van der Waals surface area (Å²) in [6.07, 6.45) is 4.90. The van der Waals surface area contributed by atoms with Crippen molar-refractivity contribution in [3.8, 4) is 0 Å². The number of likely N-dealkylation sites (tertiary alicyclic amines) is 1. The normalized spacial score (nSPS) is 37.6. The van der Waals surface area contributed by atoms with Crippen LogP contribution >= 0.6 is 0 Å². The Balaban J connectivity index is 1.84. The SMILES string of the molecule is N[C@@H]1CCN(C2CCCOCC2)C1. The van der Waals surface area contributed by atoms with Crippen molar-refractivity contribution < 1.29 is 4.74 Å². The third-order valence-electron chi connectivity index (χ3n) is 3.19. The zero-order valence-electron chi connectivity index (χ0n) is 8.24. The van der Waals surface area contributed by atoms with E-state index in [2.05, 4.69) is 4.90 Å². The Kier molecular flexibility index (Phi) is 3.19. The topological polar surface area (TPSA) is 38.5 Å². The fourth-order valence-corrected chi connectivity index (χ4v) is 2.40. The summed E-state index contributed by atoms with van der Waals surface area (Å²) in [5, 5.41) is 0. The summed E-state index contributed by atoms with van der Waals surface area (Å²) in [6, 6.07) is 1.17. The molecule has 0 aromatic rings. The van der Waals surface area contributed by atoms with E-state index in [9.17, 15) is 0 Å². The van der Waals surface area contributed by atoms with E-state index in [0.29, 0.717) is 6.04 Å². The van der Waals surface area contributed by atoms with E-state index < -0.39 is 0 Å². The summed E-state index contributed by atoms with van der Waals surface area (Å²) >= 11 is 0. The molecule has 2 aliphatic heterocycles. The molecule has 2 heterocycles. The highest BCUT2D eigenvalue weighted by atomic mass is 16.5. The highest BCUT2D eigenvalue weighted by Gasteiger charge is 2.26. The number of hydrogen-bond donors (Lipinski definition) is 1. The van der Waals surface area contributed by atoms with Gasteiger partial charge in [-0.25, -0.2) is 0 Å². The fraction of sp³-hybridized carbons (Fsp3) is 1.00. The van der Waals surface area contributed by atoms with Gasteiger partial charge in [0, 0.05) is 38.4 Å². The average Bonchev–Trinajstić information content (AvgIpc) is 2.43. The van der Waals surface area contributed by atoms with Gasteiger partial charge in [0.2, 0.25) is 0 Å². The largest absolute Gasteiger partial charge is 0.381 e. The maximum Gasteiger partial charge on any atom is 0.0480 e. The first kappa shape index (κ1) is 9.44. The second kappa shape index (κ2) is 4.40. The molecule has 2 rings (SSSR count). The fourth-order valence-electron chi connectivity index (χ4n) is 2.40. The molecule has 0 saturated carbocycles. The predicted molar refractivity (Wildman–Crippen MR) is 52.6 cm³/mol. The summed E-state index contributed by atoms with van der Waals surface area (Å²) in [6.45, 7) is 4.20. The lowest BCUT2D eigenvalue weighted by Crippen LogP contribution is -2.35. The Morgan fingerprint density at radius 2 is 2.08 bits per heavy atom. The van der Waals surface area contributed by atoms with Gasteiger partial charge in [-0.1, -0.05) is 0 Å². The zero-order chi connectivity index (χ0) is 9.10. The molecule has 3 nitrogen and oxygen atoms in total.